The molecule has 1 aromatic rings. The first-order valence-corrected chi connectivity index (χ1v) is 14.8. The van der Waals surface area contributed by atoms with Gasteiger partial charge in [0.1, 0.15) is 6.54 Å². The lowest BCUT2D eigenvalue weighted by Gasteiger charge is -2.07. The summed E-state index contributed by atoms with van der Waals surface area (Å²) in [4.78, 5) is 0. The molecule has 32 heavy (non-hydrogen) atoms. The number of hydrogen-bond donors (Lipinski definition) is 0. The molecule has 1 heteroatoms. The molecule has 0 fully saturated rings. The standard InChI is InChI=1S/C31H58N/c1-4-7-10-13-16-18-21-24-30-27-31(25-22-19-17-14-11-8-5-2)29-32(28-30)26-23-20-15-12-9-6-3/h27-29H,4-26H2,1-3H3/q+1. The summed E-state index contributed by atoms with van der Waals surface area (Å²) in [6, 6.07) is 2.53. The summed E-state index contributed by atoms with van der Waals surface area (Å²) in [5, 5.41) is 0. The second-order valence-electron chi connectivity index (χ2n) is 10.3. The van der Waals surface area contributed by atoms with Crippen molar-refractivity contribution in [1.82, 2.24) is 0 Å². The van der Waals surface area contributed by atoms with E-state index in [4.69, 9.17) is 0 Å². The molecule has 1 rings (SSSR count). The molecule has 0 aliphatic heterocycles. The third-order valence-corrected chi connectivity index (χ3v) is 6.94. The molecule has 0 aliphatic rings. The highest BCUT2D eigenvalue weighted by atomic mass is 14.9. The van der Waals surface area contributed by atoms with Crippen molar-refractivity contribution in [2.24, 2.45) is 0 Å². The smallest absolute Gasteiger partial charge is 0.171 e. The van der Waals surface area contributed by atoms with Crippen LogP contribution in [0.25, 0.3) is 0 Å². The van der Waals surface area contributed by atoms with Crippen molar-refractivity contribution in [3.63, 3.8) is 0 Å². The highest BCUT2D eigenvalue weighted by Crippen LogP contribution is 2.14. The number of aryl methyl sites for hydroxylation is 3. The molecule has 1 heterocycles. The molecule has 1 aromatic heterocycles. The van der Waals surface area contributed by atoms with Crippen LogP contribution in [0.3, 0.4) is 0 Å². The van der Waals surface area contributed by atoms with Crippen LogP contribution in [0.4, 0.5) is 0 Å². The van der Waals surface area contributed by atoms with E-state index in [1.165, 1.54) is 148 Å². The Kier molecular flexibility index (Phi) is 20.0. The molecular weight excluding hydrogens is 386 g/mol. The highest BCUT2D eigenvalue weighted by Gasteiger charge is 2.08. The first kappa shape index (κ1) is 29.2. The lowest BCUT2D eigenvalue weighted by atomic mass is 10.0. The van der Waals surface area contributed by atoms with Crippen LogP contribution in [0.5, 0.6) is 0 Å². The van der Waals surface area contributed by atoms with Gasteiger partial charge in [0.2, 0.25) is 0 Å². The minimum Gasteiger partial charge on any atom is -0.205 e. The van der Waals surface area contributed by atoms with Gasteiger partial charge in [-0.25, -0.2) is 4.57 Å². The maximum atomic E-state index is 2.53. The van der Waals surface area contributed by atoms with Crippen LogP contribution in [0.1, 0.15) is 160 Å². The molecule has 1 nitrogen and oxygen atoms in total. The predicted octanol–water partition coefficient (Wildman–Crippen LogP) is 9.92. The fourth-order valence-electron chi connectivity index (χ4n) is 4.83. The van der Waals surface area contributed by atoms with Gasteiger partial charge in [-0.1, -0.05) is 124 Å². The van der Waals surface area contributed by atoms with Crippen LogP contribution >= 0.6 is 0 Å². The first-order valence-electron chi connectivity index (χ1n) is 14.8. The van der Waals surface area contributed by atoms with E-state index in [1.807, 2.05) is 0 Å². The Balaban J connectivity index is 2.44. The number of hydrogen-bond acceptors (Lipinski definition) is 0. The topological polar surface area (TPSA) is 3.88 Å². The molecule has 186 valence electrons. The molecule has 0 amide bonds. The summed E-state index contributed by atoms with van der Waals surface area (Å²) in [7, 11) is 0. The normalized spacial score (nSPS) is 11.3. The Morgan fingerprint density at radius 1 is 0.438 bits per heavy atom. The molecule has 0 atom stereocenters. The van der Waals surface area contributed by atoms with Gasteiger partial charge < -0.3 is 0 Å². The quantitative estimate of drug-likeness (QED) is 0.117. The Labute approximate surface area is 202 Å². The molecule has 0 spiro atoms. The highest BCUT2D eigenvalue weighted by molar-refractivity contribution is 5.15. The zero-order valence-corrected chi connectivity index (χ0v) is 22.4. The Morgan fingerprint density at radius 3 is 1.19 bits per heavy atom. The summed E-state index contributed by atoms with van der Waals surface area (Å²) >= 11 is 0. The lowest BCUT2D eigenvalue weighted by Crippen LogP contribution is -2.34. The van der Waals surface area contributed by atoms with E-state index in [-0.39, 0.29) is 0 Å². The number of pyridine rings is 1. The van der Waals surface area contributed by atoms with Gasteiger partial charge in [0, 0.05) is 17.5 Å². The fraction of sp³-hybridized carbons (Fsp3) is 0.839. The minimum atomic E-state index is 1.21. The van der Waals surface area contributed by atoms with Crippen LogP contribution in [-0.4, -0.2) is 0 Å². The summed E-state index contributed by atoms with van der Waals surface area (Å²) in [6.07, 6.45) is 35.5. The SMILES string of the molecule is CCCCCCCCCc1cc(CCCCCCCCC)c[n+](CCCCCCCC)c1. The number of rotatable bonds is 23. The van der Waals surface area contributed by atoms with Crippen LogP contribution < -0.4 is 4.57 Å². The summed E-state index contributed by atoms with van der Waals surface area (Å²) in [6.45, 7) is 8.13. The Hall–Kier alpha value is -0.850. The van der Waals surface area contributed by atoms with E-state index in [1.54, 1.807) is 11.1 Å². The molecule has 0 radical (unpaired) electrons. The molecule has 0 aliphatic carbocycles. The summed E-state index contributed by atoms with van der Waals surface area (Å²) in [5.74, 6) is 0. The third-order valence-electron chi connectivity index (χ3n) is 6.94. The zero-order valence-electron chi connectivity index (χ0n) is 22.4. The maximum Gasteiger partial charge on any atom is 0.171 e. The van der Waals surface area contributed by atoms with Gasteiger partial charge in [-0.15, -0.1) is 0 Å². The predicted molar refractivity (Wildman–Crippen MR) is 143 cm³/mol. The largest absolute Gasteiger partial charge is 0.205 e. The molecule has 0 N–H and O–H groups in total. The lowest BCUT2D eigenvalue weighted by molar-refractivity contribution is -0.698. The van der Waals surface area contributed by atoms with Crippen molar-refractivity contribution in [1.29, 1.82) is 0 Å². The van der Waals surface area contributed by atoms with Crippen molar-refractivity contribution < 1.29 is 4.57 Å². The molecule has 0 aromatic carbocycles. The zero-order chi connectivity index (χ0) is 23.1. The first-order chi connectivity index (χ1) is 15.8. The average Bonchev–Trinajstić information content (AvgIpc) is 2.80. The number of nitrogens with zero attached hydrogens (tertiary/aromatic N) is 1. The van der Waals surface area contributed by atoms with Gasteiger partial charge in [0.15, 0.2) is 12.4 Å². The van der Waals surface area contributed by atoms with E-state index in [0.717, 1.165) is 0 Å². The van der Waals surface area contributed by atoms with Gasteiger partial charge >= 0.3 is 0 Å². The number of aromatic nitrogens is 1. The van der Waals surface area contributed by atoms with Crippen molar-refractivity contribution in [3.8, 4) is 0 Å². The van der Waals surface area contributed by atoms with E-state index < -0.39 is 0 Å². The van der Waals surface area contributed by atoms with Crippen LogP contribution in [0, 0.1) is 0 Å². The van der Waals surface area contributed by atoms with E-state index in [2.05, 4.69) is 43.8 Å². The van der Waals surface area contributed by atoms with E-state index >= 15 is 0 Å². The molecular formula is C31H58N+. The van der Waals surface area contributed by atoms with Crippen LogP contribution in [-0.2, 0) is 19.4 Å². The van der Waals surface area contributed by atoms with E-state index in [9.17, 15) is 0 Å². The molecule has 0 bridgehead atoms. The van der Waals surface area contributed by atoms with E-state index in [0.29, 0.717) is 0 Å². The monoisotopic (exact) mass is 444 g/mol. The van der Waals surface area contributed by atoms with Gasteiger partial charge in [0.25, 0.3) is 0 Å². The molecule has 0 unspecified atom stereocenters. The van der Waals surface area contributed by atoms with Crippen molar-refractivity contribution in [2.45, 2.75) is 169 Å². The Bertz CT molecular complexity index is 485. The van der Waals surface area contributed by atoms with Gasteiger partial charge in [-0.05, 0) is 38.2 Å². The van der Waals surface area contributed by atoms with Crippen LogP contribution in [0.2, 0.25) is 0 Å². The summed E-state index contributed by atoms with van der Waals surface area (Å²) < 4.78 is 2.53. The van der Waals surface area contributed by atoms with Crippen LogP contribution in [0.15, 0.2) is 18.5 Å². The second kappa shape index (κ2) is 22.0. The van der Waals surface area contributed by atoms with Gasteiger partial charge in [-0.2, -0.15) is 0 Å². The molecule has 0 saturated carbocycles. The third kappa shape index (κ3) is 16.7. The Morgan fingerprint density at radius 2 is 0.781 bits per heavy atom. The molecule has 0 saturated heterocycles. The maximum absolute atomic E-state index is 2.53. The van der Waals surface area contributed by atoms with Gasteiger partial charge in [-0.3, -0.25) is 0 Å². The second-order valence-corrected chi connectivity index (χ2v) is 10.3. The van der Waals surface area contributed by atoms with Crippen molar-refractivity contribution in [3.05, 3.63) is 29.6 Å². The van der Waals surface area contributed by atoms with Crippen molar-refractivity contribution in [2.75, 3.05) is 0 Å². The van der Waals surface area contributed by atoms with Gasteiger partial charge in [0.05, 0.1) is 0 Å². The number of unbranched alkanes of at least 4 members (excludes halogenated alkanes) is 17. The summed E-state index contributed by atoms with van der Waals surface area (Å²) in [5.41, 5.74) is 3.18. The fourth-order valence-corrected chi connectivity index (χ4v) is 4.83. The average molecular weight is 445 g/mol. The minimum absolute atomic E-state index is 1.21. The van der Waals surface area contributed by atoms with Crippen molar-refractivity contribution >= 4 is 0 Å².